The Morgan fingerprint density at radius 2 is 1.72 bits per heavy atom. The number of hydrogen-bond acceptors (Lipinski definition) is 6. The second-order valence-corrected chi connectivity index (χ2v) is 8.73. The van der Waals surface area contributed by atoms with Crippen molar-refractivity contribution in [3.8, 4) is 11.5 Å². The number of amides is 1. The van der Waals surface area contributed by atoms with Gasteiger partial charge in [0.15, 0.2) is 0 Å². The molecule has 0 aromatic heterocycles. The largest absolute Gasteiger partial charge is 0.508 e. The predicted octanol–water partition coefficient (Wildman–Crippen LogP) is 4.74. The zero-order valence-corrected chi connectivity index (χ0v) is 20.3. The Morgan fingerprint density at radius 1 is 1.00 bits per heavy atom. The lowest BCUT2D eigenvalue weighted by atomic mass is 9.95. The third-order valence-corrected chi connectivity index (χ3v) is 6.11. The number of Topliss-reactive ketones (excluding diaryl/α,β-unsaturated/α-hetero) is 1. The van der Waals surface area contributed by atoms with Crippen molar-refractivity contribution < 1.29 is 29.3 Å². The maximum Gasteiger partial charge on any atom is 0.295 e. The van der Waals surface area contributed by atoms with Crippen molar-refractivity contribution >= 4 is 17.4 Å². The molecule has 36 heavy (non-hydrogen) atoms. The number of phenols is 1. The van der Waals surface area contributed by atoms with Gasteiger partial charge >= 0.3 is 0 Å². The first-order chi connectivity index (χ1) is 17.4. The van der Waals surface area contributed by atoms with E-state index in [2.05, 4.69) is 6.07 Å². The van der Waals surface area contributed by atoms with Gasteiger partial charge in [0.1, 0.15) is 23.9 Å². The molecule has 0 unspecified atom stereocenters. The van der Waals surface area contributed by atoms with Gasteiger partial charge in [0.2, 0.25) is 0 Å². The van der Waals surface area contributed by atoms with Crippen molar-refractivity contribution in [1.82, 2.24) is 4.90 Å². The topological polar surface area (TPSA) is 96.3 Å². The standard InChI is InChI=1S/C29H29NO6/c1-19-5-3-6-20(17-19)18-36-24-13-9-22(10-14-24)27(32)25-26(21-7-11-23(31)12-8-21)30(15-4-16-35-2)29(34)28(25)33/h3,5-14,17,26,31-32H,4,15-16,18H2,1-2H3/t26-/m0/s1. The summed E-state index contributed by atoms with van der Waals surface area (Å²) in [6.45, 7) is 3.13. The number of aryl methyl sites for hydroxylation is 1. The number of aliphatic hydroxyl groups is 1. The molecule has 7 heteroatoms. The number of ketones is 1. The molecular formula is C29H29NO6. The van der Waals surface area contributed by atoms with Gasteiger partial charge in [-0.25, -0.2) is 0 Å². The van der Waals surface area contributed by atoms with Crippen LogP contribution in [0.4, 0.5) is 0 Å². The van der Waals surface area contributed by atoms with Gasteiger partial charge < -0.3 is 24.6 Å². The number of benzene rings is 3. The van der Waals surface area contributed by atoms with E-state index < -0.39 is 17.7 Å². The van der Waals surface area contributed by atoms with Crippen LogP contribution in [0.1, 0.15) is 34.7 Å². The van der Waals surface area contributed by atoms with Gasteiger partial charge in [-0.15, -0.1) is 0 Å². The van der Waals surface area contributed by atoms with Crippen molar-refractivity contribution in [2.45, 2.75) is 26.0 Å². The molecule has 3 aromatic rings. The monoisotopic (exact) mass is 487 g/mol. The SMILES string of the molecule is COCCCN1C(=O)C(=O)C(=C(O)c2ccc(OCc3cccc(C)c3)cc2)[C@@H]1c1ccc(O)cc1. The fraction of sp³-hybridized carbons (Fsp3) is 0.241. The lowest BCUT2D eigenvalue weighted by molar-refractivity contribution is -0.140. The molecule has 0 aliphatic carbocycles. The number of nitrogens with zero attached hydrogens (tertiary/aromatic N) is 1. The molecule has 0 spiro atoms. The van der Waals surface area contributed by atoms with E-state index in [0.29, 0.717) is 36.5 Å². The minimum absolute atomic E-state index is 0.0107. The summed E-state index contributed by atoms with van der Waals surface area (Å²) >= 11 is 0. The Morgan fingerprint density at radius 3 is 2.39 bits per heavy atom. The van der Waals surface area contributed by atoms with Crippen molar-refractivity contribution in [3.05, 3.63) is 101 Å². The molecule has 1 amide bonds. The van der Waals surface area contributed by atoms with Crippen LogP contribution in [0.15, 0.2) is 78.4 Å². The highest BCUT2D eigenvalue weighted by molar-refractivity contribution is 6.46. The molecule has 1 aliphatic heterocycles. The van der Waals surface area contributed by atoms with Crippen LogP contribution in [0.5, 0.6) is 11.5 Å². The van der Waals surface area contributed by atoms with Gasteiger partial charge in [-0.3, -0.25) is 9.59 Å². The number of hydrogen-bond donors (Lipinski definition) is 2. The number of carbonyl (C=O) groups excluding carboxylic acids is 2. The lowest BCUT2D eigenvalue weighted by Crippen LogP contribution is -2.31. The predicted molar refractivity (Wildman–Crippen MR) is 136 cm³/mol. The zero-order chi connectivity index (χ0) is 25.7. The van der Waals surface area contributed by atoms with Crippen molar-refractivity contribution in [2.24, 2.45) is 0 Å². The summed E-state index contributed by atoms with van der Waals surface area (Å²) < 4.78 is 11.0. The van der Waals surface area contributed by atoms with Crippen LogP contribution in [-0.2, 0) is 20.9 Å². The van der Waals surface area contributed by atoms with E-state index in [4.69, 9.17) is 9.47 Å². The summed E-state index contributed by atoms with van der Waals surface area (Å²) in [5, 5.41) is 20.9. The molecule has 1 saturated heterocycles. The van der Waals surface area contributed by atoms with Crippen LogP contribution in [0.3, 0.4) is 0 Å². The molecule has 2 N–H and O–H groups in total. The summed E-state index contributed by atoms with van der Waals surface area (Å²) in [6.07, 6.45) is 0.533. The highest BCUT2D eigenvalue weighted by Crippen LogP contribution is 2.40. The second-order valence-electron chi connectivity index (χ2n) is 8.73. The summed E-state index contributed by atoms with van der Waals surface area (Å²) in [7, 11) is 1.57. The van der Waals surface area contributed by atoms with Crippen LogP contribution >= 0.6 is 0 Å². The van der Waals surface area contributed by atoms with Crippen LogP contribution in [-0.4, -0.2) is 47.1 Å². The van der Waals surface area contributed by atoms with E-state index in [1.807, 2.05) is 25.1 Å². The van der Waals surface area contributed by atoms with Gasteiger partial charge in [0, 0.05) is 25.8 Å². The maximum absolute atomic E-state index is 13.1. The minimum atomic E-state index is -0.778. The van der Waals surface area contributed by atoms with E-state index in [-0.39, 0.29) is 23.6 Å². The number of ether oxygens (including phenoxy) is 2. The highest BCUT2D eigenvalue weighted by atomic mass is 16.5. The lowest BCUT2D eigenvalue weighted by Gasteiger charge is -2.25. The summed E-state index contributed by atoms with van der Waals surface area (Å²) in [5.74, 6) is -1.00. The molecule has 0 saturated carbocycles. The third kappa shape index (κ3) is 5.42. The number of carbonyl (C=O) groups is 2. The quantitative estimate of drug-likeness (QED) is 0.196. The molecule has 7 nitrogen and oxygen atoms in total. The number of aliphatic hydroxyl groups excluding tert-OH is 1. The Bertz CT molecular complexity index is 1260. The van der Waals surface area contributed by atoms with Gasteiger partial charge in [-0.2, -0.15) is 0 Å². The smallest absolute Gasteiger partial charge is 0.295 e. The molecule has 1 atom stereocenters. The van der Waals surface area contributed by atoms with Crippen molar-refractivity contribution in [1.29, 1.82) is 0 Å². The Labute approximate surface area is 210 Å². The number of likely N-dealkylation sites (tertiary alicyclic amines) is 1. The van der Waals surface area contributed by atoms with E-state index in [9.17, 15) is 19.8 Å². The first-order valence-electron chi connectivity index (χ1n) is 11.7. The third-order valence-electron chi connectivity index (χ3n) is 6.11. The molecule has 4 rings (SSSR count). The molecule has 1 fully saturated rings. The molecule has 0 bridgehead atoms. The normalized spacial score (nSPS) is 16.9. The average Bonchev–Trinajstić information content (AvgIpc) is 3.13. The van der Waals surface area contributed by atoms with Crippen molar-refractivity contribution in [3.63, 3.8) is 0 Å². The van der Waals surface area contributed by atoms with Crippen LogP contribution in [0.25, 0.3) is 5.76 Å². The van der Waals surface area contributed by atoms with Crippen molar-refractivity contribution in [2.75, 3.05) is 20.3 Å². The fourth-order valence-corrected chi connectivity index (χ4v) is 4.33. The summed E-state index contributed by atoms with van der Waals surface area (Å²) in [4.78, 5) is 27.4. The maximum atomic E-state index is 13.1. The summed E-state index contributed by atoms with van der Waals surface area (Å²) in [6, 6.07) is 20.3. The zero-order valence-electron chi connectivity index (χ0n) is 20.3. The molecule has 1 heterocycles. The number of methoxy groups -OCH3 is 1. The van der Waals surface area contributed by atoms with E-state index in [0.717, 1.165) is 11.1 Å². The Balaban J connectivity index is 1.62. The Kier molecular flexibility index (Phi) is 7.71. The van der Waals surface area contributed by atoms with Gasteiger partial charge in [0.05, 0.1) is 11.6 Å². The van der Waals surface area contributed by atoms with E-state index in [1.54, 1.807) is 43.5 Å². The second kappa shape index (κ2) is 11.1. The number of phenolic OH excluding ortho intramolecular Hbond substituents is 1. The van der Waals surface area contributed by atoms with Crippen LogP contribution in [0.2, 0.25) is 0 Å². The molecule has 1 aliphatic rings. The van der Waals surface area contributed by atoms with Crippen LogP contribution in [0, 0.1) is 6.92 Å². The number of rotatable bonds is 9. The number of aromatic hydroxyl groups is 1. The van der Waals surface area contributed by atoms with Gasteiger partial charge in [0.25, 0.3) is 11.7 Å². The molecule has 0 radical (unpaired) electrons. The minimum Gasteiger partial charge on any atom is -0.508 e. The van der Waals surface area contributed by atoms with Crippen LogP contribution < -0.4 is 4.74 Å². The van der Waals surface area contributed by atoms with Gasteiger partial charge in [-0.1, -0.05) is 42.0 Å². The van der Waals surface area contributed by atoms with E-state index >= 15 is 0 Å². The average molecular weight is 488 g/mol. The molecular weight excluding hydrogens is 458 g/mol. The fourth-order valence-electron chi connectivity index (χ4n) is 4.33. The molecule has 3 aromatic carbocycles. The van der Waals surface area contributed by atoms with E-state index in [1.165, 1.54) is 17.0 Å². The first kappa shape index (κ1) is 25.0. The summed E-state index contributed by atoms with van der Waals surface area (Å²) in [5.41, 5.74) is 3.22. The molecule has 186 valence electrons. The Hall–Kier alpha value is -4.10. The first-order valence-corrected chi connectivity index (χ1v) is 11.7. The highest BCUT2D eigenvalue weighted by Gasteiger charge is 2.45. The van der Waals surface area contributed by atoms with Gasteiger partial charge in [-0.05, 0) is 60.9 Å².